The zero-order valence-electron chi connectivity index (χ0n) is 15.3. The van der Waals surface area contributed by atoms with E-state index in [-0.39, 0.29) is 16.9 Å². The van der Waals surface area contributed by atoms with Crippen LogP contribution in [-0.4, -0.2) is 20.2 Å². The van der Waals surface area contributed by atoms with Gasteiger partial charge in [-0.1, -0.05) is 23.4 Å². The summed E-state index contributed by atoms with van der Waals surface area (Å²) in [5.74, 6) is 0.918. The maximum Gasteiger partial charge on any atom is 0.226 e. The summed E-state index contributed by atoms with van der Waals surface area (Å²) in [4.78, 5) is 8.74. The molecule has 8 nitrogen and oxygen atoms in total. The summed E-state index contributed by atoms with van der Waals surface area (Å²) in [5.41, 5.74) is 8.86. The van der Waals surface area contributed by atoms with E-state index in [1.165, 1.54) is 18.0 Å². The first-order valence-electron chi connectivity index (χ1n) is 8.56. The Morgan fingerprint density at radius 2 is 1.87 bits per heavy atom. The average molecular weight is 434 g/mol. The van der Waals surface area contributed by atoms with Gasteiger partial charge in [0.25, 0.3) is 0 Å². The molecule has 0 bridgehead atoms. The maximum absolute atomic E-state index is 9.75. The Bertz CT molecular complexity index is 1280. The van der Waals surface area contributed by atoms with E-state index in [9.17, 15) is 10.5 Å². The highest BCUT2D eigenvalue weighted by molar-refractivity contribution is 7.98. The lowest BCUT2D eigenvalue weighted by Gasteiger charge is -2.11. The largest absolute Gasteiger partial charge is 0.444 e. The first-order valence-corrected chi connectivity index (χ1v) is 9.93. The number of nitrogen functional groups attached to an aromatic ring is 1. The van der Waals surface area contributed by atoms with Gasteiger partial charge in [0.05, 0.1) is 17.5 Å². The molecule has 0 aliphatic carbocycles. The monoisotopic (exact) mass is 433 g/mol. The fraction of sp³-hybridized carbons (Fsp3) is 0.0500. The van der Waals surface area contributed by atoms with Crippen LogP contribution in [0.5, 0.6) is 0 Å². The minimum atomic E-state index is 0.0530. The van der Waals surface area contributed by atoms with E-state index in [2.05, 4.69) is 26.2 Å². The van der Waals surface area contributed by atoms with Crippen LogP contribution in [0.15, 0.2) is 52.4 Å². The van der Waals surface area contributed by atoms with Gasteiger partial charge in [0.1, 0.15) is 34.8 Å². The summed E-state index contributed by atoms with van der Waals surface area (Å²) in [5, 5.41) is 26.9. The molecule has 3 heterocycles. The van der Waals surface area contributed by atoms with Gasteiger partial charge in [-0.25, -0.2) is 9.97 Å². The Morgan fingerprint density at radius 1 is 1.10 bits per heavy atom. The fourth-order valence-corrected chi connectivity index (χ4v) is 3.82. The third-order valence-corrected chi connectivity index (χ3v) is 5.46. The molecule has 3 N–H and O–H groups in total. The topological polar surface area (TPSA) is 141 Å². The lowest BCUT2D eigenvalue weighted by molar-refractivity contribution is 0.573. The molecule has 3 aromatic heterocycles. The Morgan fingerprint density at radius 3 is 2.53 bits per heavy atom. The van der Waals surface area contributed by atoms with Gasteiger partial charge in [-0.15, -0.1) is 0 Å². The van der Waals surface area contributed by atoms with Crippen LogP contribution in [0.4, 0.5) is 5.82 Å². The summed E-state index contributed by atoms with van der Waals surface area (Å²) in [7, 11) is 0. The van der Waals surface area contributed by atoms with Crippen LogP contribution in [0, 0.1) is 22.7 Å². The zero-order valence-corrected chi connectivity index (χ0v) is 16.8. The molecule has 0 saturated carbocycles. The van der Waals surface area contributed by atoms with E-state index in [0.717, 1.165) is 5.56 Å². The van der Waals surface area contributed by atoms with Gasteiger partial charge in [-0.3, -0.25) is 5.10 Å². The van der Waals surface area contributed by atoms with Crippen molar-refractivity contribution < 1.29 is 4.42 Å². The number of aromatic nitrogens is 4. The summed E-state index contributed by atoms with van der Waals surface area (Å²) in [6.45, 7) is 0. The number of pyridine rings is 1. The second-order valence-electron chi connectivity index (χ2n) is 6.08. The highest BCUT2D eigenvalue weighted by atomic mass is 35.5. The van der Waals surface area contributed by atoms with E-state index in [1.807, 2.05) is 18.2 Å². The number of nitrogens with one attached hydrogen (secondary N) is 1. The van der Waals surface area contributed by atoms with E-state index in [1.54, 1.807) is 24.6 Å². The molecule has 4 aromatic rings. The van der Waals surface area contributed by atoms with Crippen molar-refractivity contribution >= 4 is 29.2 Å². The SMILES string of the molecule is N#Cc1c(N)nc(SCc2coc(-c3ccc(Cl)cc3)n2)c(C#N)c1-c1cn[nH]c1. The second kappa shape index (κ2) is 8.29. The molecule has 30 heavy (non-hydrogen) atoms. The number of thioether (sulfide) groups is 1. The van der Waals surface area contributed by atoms with Gasteiger partial charge in [0.2, 0.25) is 5.89 Å². The number of anilines is 1. The van der Waals surface area contributed by atoms with E-state index < -0.39 is 0 Å². The van der Waals surface area contributed by atoms with Gasteiger partial charge in [0.15, 0.2) is 0 Å². The number of nitrogens with zero attached hydrogens (tertiary/aromatic N) is 5. The van der Waals surface area contributed by atoms with Gasteiger partial charge < -0.3 is 10.2 Å². The first-order chi connectivity index (χ1) is 14.6. The van der Waals surface area contributed by atoms with E-state index in [4.69, 9.17) is 21.8 Å². The van der Waals surface area contributed by atoms with Crippen molar-refractivity contribution in [2.24, 2.45) is 0 Å². The summed E-state index contributed by atoms with van der Waals surface area (Å²) < 4.78 is 5.55. The number of rotatable bonds is 5. The van der Waals surface area contributed by atoms with Crippen molar-refractivity contribution in [3.8, 4) is 34.7 Å². The maximum atomic E-state index is 9.75. The van der Waals surface area contributed by atoms with Crippen LogP contribution in [0.2, 0.25) is 5.02 Å². The molecule has 0 radical (unpaired) electrons. The smallest absolute Gasteiger partial charge is 0.226 e. The lowest BCUT2D eigenvalue weighted by atomic mass is 10.00. The van der Waals surface area contributed by atoms with Gasteiger partial charge >= 0.3 is 0 Å². The molecular weight excluding hydrogens is 422 g/mol. The predicted molar refractivity (Wildman–Crippen MR) is 112 cm³/mol. The minimum Gasteiger partial charge on any atom is -0.444 e. The van der Waals surface area contributed by atoms with Gasteiger partial charge in [-0.2, -0.15) is 15.6 Å². The minimum absolute atomic E-state index is 0.0530. The summed E-state index contributed by atoms with van der Waals surface area (Å²) in [6.07, 6.45) is 4.68. The van der Waals surface area contributed by atoms with Crippen LogP contribution >= 0.6 is 23.4 Å². The second-order valence-corrected chi connectivity index (χ2v) is 7.48. The van der Waals surface area contributed by atoms with Crippen molar-refractivity contribution in [2.45, 2.75) is 10.8 Å². The highest BCUT2D eigenvalue weighted by Gasteiger charge is 2.21. The number of hydrogen-bond acceptors (Lipinski definition) is 8. The summed E-state index contributed by atoms with van der Waals surface area (Å²) >= 11 is 7.19. The van der Waals surface area contributed by atoms with Crippen molar-refractivity contribution in [1.82, 2.24) is 20.2 Å². The number of benzene rings is 1. The van der Waals surface area contributed by atoms with Crippen LogP contribution in [0.3, 0.4) is 0 Å². The normalized spacial score (nSPS) is 10.5. The third-order valence-electron chi connectivity index (χ3n) is 4.20. The predicted octanol–water partition coefficient (Wildman–Crippen LogP) is 4.40. The van der Waals surface area contributed by atoms with Crippen LogP contribution < -0.4 is 5.73 Å². The first kappa shape index (κ1) is 19.5. The molecule has 10 heteroatoms. The molecular formula is C20H12ClN7OS. The quantitative estimate of drug-likeness (QED) is 0.441. The standard InChI is InChI=1S/C20H12ClN7OS/c21-13-3-1-11(2-4-13)19-27-14(9-29-19)10-30-20-16(6-23)17(12-7-25-26-8-12)15(5-22)18(24)28-20/h1-4,7-9H,10H2,(H2,24,28)(H,25,26). The average Bonchev–Trinajstić information content (AvgIpc) is 3.44. The Labute approximate surface area is 180 Å². The molecule has 146 valence electrons. The van der Waals surface area contributed by atoms with E-state index in [0.29, 0.717) is 38.5 Å². The molecule has 0 fully saturated rings. The number of nitriles is 2. The van der Waals surface area contributed by atoms with Gasteiger partial charge in [0, 0.05) is 33.7 Å². The number of hydrogen-bond donors (Lipinski definition) is 2. The van der Waals surface area contributed by atoms with Crippen LogP contribution in [-0.2, 0) is 5.75 Å². The molecule has 0 atom stereocenters. The lowest BCUT2D eigenvalue weighted by Crippen LogP contribution is -2.03. The Kier molecular flexibility index (Phi) is 5.40. The van der Waals surface area contributed by atoms with Crippen molar-refractivity contribution in [2.75, 3.05) is 5.73 Å². The fourth-order valence-electron chi connectivity index (χ4n) is 2.82. The van der Waals surface area contributed by atoms with Crippen LogP contribution in [0.25, 0.3) is 22.6 Å². The molecule has 0 saturated heterocycles. The molecule has 0 aliphatic heterocycles. The number of oxazole rings is 1. The molecule has 0 amide bonds. The van der Waals surface area contributed by atoms with Crippen molar-refractivity contribution in [3.63, 3.8) is 0 Å². The third kappa shape index (κ3) is 3.72. The molecule has 0 aliphatic rings. The zero-order chi connectivity index (χ0) is 21.1. The molecule has 0 unspecified atom stereocenters. The van der Waals surface area contributed by atoms with Gasteiger partial charge in [-0.05, 0) is 24.3 Å². The number of nitrogens with two attached hydrogens (primary N) is 1. The molecule has 0 spiro atoms. The number of aromatic amines is 1. The van der Waals surface area contributed by atoms with E-state index >= 15 is 0 Å². The van der Waals surface area contributed by atoms with Crippen LogP contribution in [0.1, 0.15) is 16.8 Å². The summed E-state index contributed by atoms with van der Waals surface area (Å²) in [6, 6.07) is 11.3. The molecule has 1 aromatic carbocycles. The Balaban J connectivity index is 1.64. The van der Waals surface area contributed by atoms with Crippen molar-refractivity contribution in [1.29, 1.82) is 10.5 Å². The molecule has 4 rings (SSSR count). The number of halogens is 1. The Hall–Kier alpha value is -3.79. The highest BCUT2D eigenvalue weighted by Crippen LogP contribution is 2.36. The number of H-pyrrole nitrogens is 1. The van der Waals surface area contributed by atoms with Crippen molar-refractivity contribution in [3.05, 3.63) is 64.8 Å².